The predicted octanol–water partition coefficient (Wildman–Crippen LogP) is 1.92. The maximum absolute atomic E-state index is 12.4. The van der Waals surface area contributed by atoms with Gasteiger partial charge in [0.15, 0.2) is 11.5 Å². The molecule has 3 heterocycles. The minimum Gasteiger partial charge on any atom is -0.486 e. The molecule has 0 aliphatic carbocycles. The van der Waals surface area contributed by atoms with Crippen LogP contribution in [-0.4, -0.2) is 67.6 Å². The first-order chi connectivity index (χ1) is 13.2. The van der Waals surface area contributed by atoms with Gasteiger partial charge in [-0.2, -0.15) is 0 Å². The summed E-state index contributed by atoms with van der Waals surface area (Å²) in [7, 11) is 0. The molecule has 1 saturated heterocycles. The molecule has 1 N–H and O–H groups in total. The number of hydrogen-bond donors (Lipinski definition) is 1. The quantitative estimate of drug-likeness (QED) is 0.868. The number of carbonyl (C=O) groups is 2. The van der Waals surface area contributed by atoms with Crippen LogP contribution in [0.2, 0.25) is 0 Å². The summed E-state index contributed by atoms with van der Waals surface area (Å²) in [6.07, 6.45) is 0. The van der Waals surface area contributed by atoms with Crippen molar-refractivity contribution in [1.82, 2.24) is 9.80 Å². The predicted molar refractivity (Wildman–Crippen MR) is 103 cm³/mol. The fourth-order valence-electron chi connectivity index (χ4n) is 3.19. The molecular weight excluding hydrogens is 366 g/mol. The molecule has 2 aliphatic rings. The molecule has 1 fully saturated rings. The molecule has 27 heavy (non-hydrogen) atoms. The van der Waals surface area contributed by atoms with E-state index in [0.717, 1.165) is 4.88 Å². The lowest BCUT2D eigenvalue weighted by Gasteiger charge is -2.34. The number of rotatable bonds is 4. The lowest BCUT2D eigenvalue weighted by Crippen LogP contribution is -2.50. The zero-order chi connectivity index (χ0) is 18.6. The molecular formula is C19H21N3O4S. The average molecular weight is 387 g/mol. The van der Waals surface area contributed by atoms with Gasteiger partial charge < -0.3 is 19.7 Å². The smallest absolute Gasteiger partial charge is 0.264 e. The van der Waals surface area contributed by atoms with Gasteiger partial charge in [0.25, 0.3) is 5.91 Å². The zero-order valence-corrected chi connectivity index (χ0v) is 15.7. The molecule has 0 atom stereocenters. The molecule has 0 saturated carbocycles. The van der Waals surface area contributed by atoms with E-state index < -0.39 is 0 Å². The van der Waals surface area contributed by atoms with E-state index in [0.29, 0.717) is 63.1 Å². The van der Waals surface area contributed by atoms with Crippen LogP contribution in [0.3, 0.4) is 0 Å². The van der Waals surface area contributed by atoms with Gasteiger partial charge in [-0.1, -0.05) is 6.07 Å². The normalized spacial score (nSPS) is 16.8. The van der Waals surface area contributed by atoms with Crippen molar-refractivity contribution in [1.29, 1.82) is 0 Å². The second-order valence-corrected chi connectivity index (χ2v) is 7.40. The summed E-state index contributed by atoms with van der Waals surface area (Å²) in [5.74, 6) is 1.35. The van der Waals surface area contributed by atoms with E-state index in [2.05, 4.69) is 10.2 Å². The van der Waals surface area contributed by atoms with Crippen LogP contribution in [0.5, 0.6) is 11.5 Å². The minimum atomic E-state index is -0.0790. The van der Waals surface area contributed by atoms with Gasteiger partial charge in [0.2, 0.25) is 5.91 Å². The zero-order valence-electron chi connectivity index (χ0n) is 14.8. The Morgan fingerprint density at radius 1 is 1.04 bits per heavy atom. The number of anilines is 1. The molecule has 7 nitrogen and oxygen atoms in total. The molecule has 1 aromatic heterocycles. The molecule has 2 aliphatic heterocycles. The monoisotopic (exact) mass is 387 g/mol. The highest BCUT2D eigenvalue weighted by Crippen LogP contribution is 2.32. The van der Waals surface area contributed by atoms with E-state index in [9.17, 15) is 9.59 Å². The molecule has 2 aromatic rings. The summed E-state index contributed by atoms with van der Waals surface area (Å²) in [4.78, 5) is 29.4. The molecule has 8 heteroatoms. The number of amides is 2. The summed E-state index contributed by atoms with van der Waals surface area (Å²) >= 11 is 1.46. The lowest BCUT2D eigenvalue weighted by molar-refractivity contribution is -0.117. The van der Waals surface area contributed by atoms with Crippen LogP contribution >= 0.6 is 11.3 Å². The standard InChI is InChI=1S/C19H21N3O4S/c23-18(20-14-3-4-15-16(12-14)26-10-9-25-15)13-21-5-7-22(8-6-21)19(24)17-2-1-11-27-17/h1-4,11-12H,5-10,13H2,(H,20,23). The van der Waals surface area contributed by atoms with Crippen LogP contribution < -0.4 is 14.8 Å². The summed E-state index contributed by atoms with van der Waals surface area (Å²) in [5, 5.41) is 4.81. The first kappa shape index (κ1) is 17.8. The van der Waals surface area contributed by atoms with Crippen LogP contribution in [0.25, 0.3) is 0 Å². The summed E-state index contributed by atoms with van der Waals surface area (Å²) in [6.45, 7) is 3.99. The number of hydrogen-bond acceptors (Lipinski definition) is 6. The van der Waals surface area contributed by atoms with Crippen LogP contribution in [0.4, 0.5) is 5.69 Å². The number of nitrogens with zero attached hydrogens (tertiary/aromatic N) is 2. The second kappa shape index (κ2) is 7.98. The molecule has 0 spiro atoms. The maximum atomic E-state index is 12.4. The Morgan fingerprint density at radius 2 is 1.81 bits per heavy atom. The topological polar surface area (TPSA) is 71.1 Å². The van der Waals surface area contributed by atoms with Crippen molar-refractivity contribution in [2.45, 2.75) is 0 Å². The fourth-order valence-corrected chi connectivity index (χ4v) is 3.88. The van der Waals surface area contributed by atoms with Gasteiger partial charge in [-0.05, 0) is 23.6 Å². The first-order valence-corrected chi connectivity index (χ1v) is 9.82. The minimum absolute atomic E-state index is 0.0744. The number of nitrogens with one attached hydrogen (secondary N) is 1. The highest BCUT2D eigenvalue weighted by atomic mass is 32.1. The summed E-state index contributed by atoms with van der Waals surface area (Å²) in [6, 6.07) is 9.13. The van der Waals surface area contributed by atoms with E-state index in [-0.39, 0.29) is 11.8 Å². The Kier molecular flexibility index (Phi) is 5.26. The van der Waals surface area contributed by atoms with E-state index in [1.54, 1.807) is 12.1 Å². The van der Waals surface area contributed by atoms with Crippen LogP contribution in [0.1, 0.15) is 9.67 Å². The fraction of sp³-hybridized carbons (Fsp3) is 0.368. The Balaban J connectivity index is 1.26. The average Bonchev–Trinajstić information content (AvgIpc) is 3.23. The molecule has 4 rings (SSSR count). The van der Waals surface area contributed by atoms with Crippen LogP contribution in [0.15, 0.2) is 35.7 Å². The van der Waals surface area contributed by atoms with E-state index >= 15 is 0 Å². The van der Waals surface area contributed by atoms with Crippen molar-refractivity contribution in [3.63, 3.8) is 0 Å². The van der Waals surface area contributed by atoms with E-state index in [4.69, 9.17) is 9.47 Å². The third-order valence-corrected chi connectivity index (χ3v) is 5.44. The molecule has 1 aromatic carbocycles. The van der Waals surface area contributed by atoms with E-state index in [1.807, 2.05) is 28.5 Å². The highest BCUT2D eigenvalue weighted by Gasteiger charge is 2.24. The molecule has 0 radical (unpaired) electrons. The second-order valence-electron chi connectivity index (χ2n) is 6.45. The lowest BCUT2D eigenvalue weighted by atomic mass is 10.2. The molecule has 142 valence electrons. The SMILES string of the molecule is O=C(CN1CCN(C(=O)c2cccs2)CC1)Nc1ccc2c(c1)OCCO2. The summed E-state index contributed by atoms with van der Waals surface area (Å²) < 4.78 is 11.0. The van der Waals surface area contributed by atoms with Gasteiger partial charge in [0.05, 0.1) is 11.4 Å². The Hall–Kier alpha value is -2.58. The van der Waals surface area contributed by atoms with Crippen molar-refractivity contribution in [3.8, 4) is 11.5 Å². The molecule has 0 bridgehead atoms. The molecule has 0 unspecified atom stereocenters. The number of carbonyl (C=O) groups excluding carboxylic acids is 2. The van der Waals surface area contributed by atoms with Gasteiger partial charge in [-0.3, -0.25) is 14.5 Å². The van der Waals surface area contributed by atoms with Crippen molar-refractivity contribution in [2.24, 2.45) is 0 Å². The number of benzene rings is 1. The highest BCUT2D eigenvalue weighted by molar-refractivity contribution is 7.12. The Bertz CT molecular complexity index is 816. The third kappa shape index (κ3) is 4.23. The summed E-state index contributed by atoms with van der Waals surface area (Å²) in [5.41, 5.74) is 0.691. The van der Waals surface area contributed by atoms with Crippen LogP contribution in [-0.2, 0) is 4.79 Å². The van der Waals surface area contributed by atoms with Gasteiger partial charge in [-0.25, -0.2) is 0 Å². The Labute approximate surface area is 161 Å². The first-order valence-electron chi connectivity index (χ1n) is 8.94. The number of thiophene rings is 1. The van der Waals surface area contributed by atoms with Gasteiger partial charge in [-0.15, -0.1) is 11.3 Å². The molecule has 2 amide bonds. The Morgan fingerprint density at radius 3 is 2.56 bits per heavy atom. The van der Waals surface area contributed by atoms with Crippen molar-refractivity contribution in [2.75, 3.05) is 51.3 Å². The van der Waals surface area contributed by atoms with Gasteiger partial charge in [0, 0.05) is 37.9 Å². The maximum Gasteiger partial charge on any atom is 0.264 e. The largest absolute Gasteiger partial charge is 0.486 e. The third-order valence-electron chi connectivity index (χ3n) is 4.58. The van der Waals surface area contributed by atoms with Crippen LogP contribution in [0, 0.1) is 0 Å². The number of piperazine rings is 1. The van der Waals surface area contributed by atoms with Gasteiger partial charge in [0.1, 0.15) is 13.2 Å². The number of fused-ring (bicyclic) bond motifs is 1. The van der Waals surface area contributed by atoms with E-state index in [1.165, 1.54) is 11.3 Å². The van der Waals surface area contributed by atoms with Gasteiger partial charge >= 0.3 is 0 Å². The van der Waals surface area contributed by atoms with Crippen molar-refractivity contribution >= 4 is 28.8 Å². The van der Waals surface area contributed by atoms with Crippen molar-refractivity contribution in [3.05, 3.63) is 40.6 Å². The van der Waals surface area contributed by atoms with Crippen molar-refractivity contribution < 1.29 is 19.1 Å². The number of ether oxygens (including phenoxy) is 2.